The summed E-state index contributed by atoms with van der Waals surface area (Å²) in [5.41, 5.74) is 0.391. The lowest BCUT2D eigenvalue weighted by molar-refractivity contribution is 0.351. The van der Waals surface area contributed by atoms with Gasteiger partial charge < -0.3 is 4.74 Å². The van der Waals surface area contributed by atoms with Crippen molar-refractivity contribution in [2.24, 2.45) is 5.92 Å². The van der Waals surface area contributed by atoms with Crippen LogP contribution in [0.5, 0.6) is 0 Å². The standard InChI is InChI=1S/C11H14OS/c1-8(2)10-11(12-10)13-9-6-4-3-5-7-9/h3-8,10-11H,1-2H3/t10-,11+/m0/s1. The van der Waals surface area contributed by atoms with Crippen molar-refractivity contribution in [3.8, 4) is 0 Å². The third-order valence-corrected chi connectivity index (χ3v) is 3.29. The smallest absolute Gasteiger partial charge is 0.134 e. The lowest BCUT2D eigenvalue weighted by atomic mass is 10.2. The predicted molar refractivity (Wildman–Crippen MR) is 55.8 cm³/mol. The molecule has 0 unspecified atom stereocenters. The van der Waals surface area contributed by atoms with Crippen LogP contribution in [-0.4, -0.2) is 11.5 Å². The van der Waals surface area contributed by atoms with Gasteiger partial charge in [0, 0.05) is 4.90 Å². The molecule has 1 aromatic carbocycles. The van der Waals surface area contributed by atoms with E-state index in [9.17, 15) is 0 Å². The Balaban J connectivity index is 1.88. The molecule has 2 rings (SSSR count). The summed E-state index contributed by atoms with van der Waals surface area (Å²) in [6.45, 7) is 4.41. The first-order chi connectivity index (χ1) is 6.27. The predicted octanol–water partition coefficient (Wildman–Crippen LogP) is 3.16. The van der Waals surface area contributed by atoms with E-state index in [0.29, 0.717) is 17.5 Å². The zero-order chi connectivity index (χ0) is 9.26. The van der Waals surface area contributed by atoms with Gasteiger partial charge >= 0.3 is 0 Å². The van der Waals surface area contributed by atoms with Crippen LogP contribution in [0.25, 0.3) is 0 Å². The lowest BCUT2D eigenvalue weighted by Gasteiger charge is -1.98. The Morgan fingerprint density at radius 3 is 2.46 bits per heavy atom. The molecule has 70 valence electrons. The maximum Gasteiger partial charge on any atom is 0.134 e. The van der Waals surface area contributed by atoms with Crippen molar-refractivity contribution in [2.45, 2.75) is 30.3 Å². The Bertz CT molecular complexity index is 271. The van der Waals surface area contributed by atoms with Crippen LogP contribution in [0.15, 0.2) is 35.2 Å². The fraction of sp³-hybridized carbons (Fsp3) is 0.455. The topological polar surface area (TPSA) is 12.5 Å². The minimum Gasteiger partial charge on any atom is -0.357 e. The zero-order valence-corrected chi connectivity index (χ0v) is 8.75. The molecule has 0 saturated carbocycles. The van der Waals surface area contributed by atoms with Gasteiger partial charge in [-0.15, -0.1) is 0 Å². The van der Waals surface area contributed by atoms with Crippen molar-refractivity contribution in [1.29, 1.82) is 0 Å². The second kappa shape index (κ2) is 3.72. The molecule has 0 N–H and O–H groups in total. The van der Waals surface area contributed by atoms with Crippen LogP contribution in [0.1, 0.15) is 13.8 Å². The maximum atomic E-state index is 5.55. The van der Waals surface area contributed by atoms with Crippen LogP contribution in [0, 0.1) is 5.92 Å². The van der Waals surface area contributed by atoms with Crippen LogP contribution in [-0.2, 0) is 4.74 Å². The van der Waals surface area contributed by atoms with E-state index < -0.39 is 0 Å². The lowest BCUT2D eigenvalue weighted by Crippen LogP contribution is -1.99. The Hall–Kier alpha value is -0.470. The first kappa shape index (κ1) is 9.10. The summed E-state index contributed by atoms with van der Waals surface area (Å²) in [5.74, 6) is 0.640. The van der Waals surface area contributed by atoms with Gasteiger partial charge in [-0.3, -0.25) is 0 Å². The molecule has 1 aromatic rings. The fourth-order valence-corrected chi connectivity index (χ4v) is 2.52. The van der Waals surface area contributed by atoms with E-state index in [0.717, 1.165) is 0 Å². The van der Waals surface area contributed by atoms with Gasteiger partial charge in [-0.05, 0) is 18.1 Å². The van der Waals surface area contributed by atoms with Crippen molar-refractivity contribution in [3.05, 3.63) is 30.3 Å². The Labute approximate surface area is 83.5 Å². The first-order valence-corrected chi connectivity index (χ1v) is 5.52. The molecule has 0 radical (unpaired) electrons. The minimum atomic E-state index is 0.391. The molecule has 1 aliphatic rings. The van der Waals surface area contributed by atoms with Gasteiger partial charge in [-0.2, -0.15) is 0 Å². The number of benzene rings is 1. The van der Waals surface area contributed by atoms with Gasteiger partial charge in [-0.25, -0.2) is 0 Å². The van der Waals surface area contributed by atoms with E-state index in [1.807, 2.05) is 17.8 Å². The molecule has 2 heteroatoms. The molecule has 0 amide bonds. The summed E-state index contributed by atoms with van der Waals surface area (Å²) < 4.78 is 5.55. The Morgan fingerprint density at radius 1 is 1.23 bits per heavy atom. The third kappa shape index (κ3) is 2.26. The SMILES string of the molecule is CC(C)[C@@H]1O[C@@H]1Sc1ccccc1. The molecule has 1 heterocycles. The summed E-state index contributed by atoms with van der Waals surface area (Å²) in [7, 11) is 0. The number of ether oxygens (including phenoxy) is 1. The second-order valence-corrected chi connectivity index (χ2v) is 4.82. The van der Waals surface area contributed by atoms with Gasteiger partial charge in [0.05, 0.1) is 6.10 Å². The van der Waals surface area contributed by atoms with Crippen LogP contribution in [0.4, 0.5) is 0 Å². The van der Waals surface area contributed by atoms with Crippen LogP contribution in [0.2, 0.25) is 0 Å². The second-order valence-electron chi connectivity index (χ2n) is 3.64. The van der Waals surface area contributed by atoms with E-state index in [-0.39, 0.29) is 0 Å². The van der Waals surface area contributed by atoms with Crippen molar-refractivity contribution in [2.75, 3.05) is 0 Å². The minimum absolute atomic E-state index is 0.391. The Morgan fingerprint density at radius 2 is 1.92 bits per heavy atom. The maximum absolute atomic E-state index is 5.55. The molecular weight excluding hydrogens is 180 g/mol. The third-order valence-electron chi connectivity index (χ3n) is 2.14. The molecule has 1 saturated heterocycles. The molecule has 1 fully saturated rings. The highest BCUT2D eigenvalue weighted by atomic mass is 32.2. The first-order valence-electron chi connectivity index (χ1n) is 4.64. The number of hydrogen-bond donors (Lipinski definition) is 0. The molecule has 0 spiro atoms. The highest BCUT2D eigenvalue weighted by Gasteiger charge is 2.41. The Kier molecular flexibility index (Phi) is 2.61. The van der Waals surface area contributed by atoms with Crippen LogP contribution >= 0.6 is 11.8 Å². The summed E-state index contributed by atoms with van der Waals surface area (Å²) in [5, 5.41) is 0. The monoisotopic (exact) mass is 194 g/mol. The molecular formula is C11H14OS. The molecule has 1 aliphatic heterocycles. The van der Waals surface area contributed by atoms with Crippen molar-refractivity contribution < 1.29 is 4.74 Å². The summed E-state index contributed by atoms with van der Waals surface area (Å²) >= 11 is 1.82. The molecule has 0 aliphatic carbocycles. The average Bonchev–Trinajstić information content (AvgIpc) is 2.86. The van der Waals surface area contributed by atoms with Gasteiger partial charge in [0.1, 0.15) is 5.44 Å². The van der Waals surface area contributed by atoms with Crippen LogP contribution < -0.4 is 0 Å². The van der Waals surface area contributed by atoms with E-state index >= 15 is 0 Å². The van der Waals surface area contributed by atoms with Crippen molar-refractivity contribution >= 4 is 11.8 Å². The number of rotatable bonds is 3. The summed E-state index contributed by atoms with van der Waals surface area (Å²) in [4.78, 5) is 1.30. The quantitative estimate of drug-likeness (QED) is 0.685. The van der Waals surface area contributed by atoms with Crippen molar-refractivity contribution in [1.82, 2.24) is 0 Å². The summed E-state index contributed by atoms with van der Waals surface area (Å²) in [6, 6.07) is 10.4. The number of thioether (sulfide) groups is 1. The largest absolute Gasteiger partial charge is 0.357 e. The van der Waals surface area contributed by atoms with E-state index in [4.69, 9.17) is 4.74 Å². The highest BCUT2D eigenvalue weighted by Crippen LogP contribution is 2.41. The zero-order valence-electron chi connectivity index (χ0n) is 7.94. The number of hydrogen-bond acceptors (Lipinski definition) is 2. The van der Waals surface area contributed by atoms with E-state index in [2.05, 4.69) is 38.1 Å². The normalized spacial score (nSPS) is 26.4. The van der Waals surface area contributed by atoms with Gasteiger partial charge in [-0.1, -0.05) is 43.8 Å². The average molecular weight is 194 g/mol. The van der Waals surface area contributed by atoms with Gasteiger partial charge in [0.25, 0.3) is 0 Å². The number of epoxide rings is 1. The molecule has 0 bridgehead atoms. The van der Waals surface area contributed by atoms with Gasteiger partial charge in [0.2, 0.25) is 0 Å². The molecule has 1 nitrogen and oxygen atoms in total. The molecule has 0 aromatic heterocycles. The van der Waals surface area contributed by atoms with Gasteiger partial charge in [0.15, 0.2) is 0 Å². The summed E-state index contributed by atoms with van der Waals surface area (Å²) in [6.07, 6.45) is 0.463. The molecule has 2 atom stereocenters. The fourth-order valence-electron chi connectivity index (χ4n) is 1.31. The van der Waals surface area contributed by atoms with E-state index in [1.54, 1.807) is 0 Å². The van der Waals surface area contributed by atoms with Crippen molar-refractivity contribution in [3.63, 3.8) is 0 Å². The highest BCUT2D eigenvalue weighted by molar-refractivity contribution is 8.00. The van der Waals surface area contributed by atoms with E-state index in [1.165, 1.54) is 4.90 Å². The molecule has 13 heavy (non-hydrogen) atoms. The van der Waals surface area contributed by atoms with Crippen LogP contribution in [0.3, 0.4) is 0 Å².